The second-order valence-corrected chi connectivity index (χ2v) is 4.32. The lowest BCUT2D eigenvalue weighted by molar-refractivity contribution is 0.249. The zero-order valence-corrected chi connectivity index (χ0v) is 11.3. The van der Waals surface area contributed by atoms with Crippen LogP contribution in [-0.2, 0) is 0 Å². The maximum absolute atomic E-state index is 10.6. The Hall–Kier alpha value is -2.10. The van der Waals surface area contributed by atoms with E-state index in [0.717, 1.165) is 24.0 Å². The molecule has 0 aromatic heterocycles. The number of amides is 2. The summed E-state index contributed by atoms with van der Waals surface area (Å²) in [5.74, 6) is 0. The van der Waals surface area contributed by atoms with Crippen LogP contribution in [-0.4, -0.2) is 12.2 Å². The topological polar surface area (TPSA) is 67.5 Å². The van der Waals surface area contributed by atoms with E-state index < -0.39 is 6.03 Å². The maximum Gasteiger partial charge on any atom is 0.332 e. The highest BCUT2D eigenvalue weighted by molar-refractivity contribution is 5.86. The van der Waals surface area contributed by atoms with E-state index in [1.165, 1.54) is 12.8 Å². The fourth-order valence-corrected chi connectivity index (χ4v) is 1.70. The second kappa shape index (κ2) is 8.91. The van der Waals surface area contributed by atoms with Crippen LogP contribution in [0.1, 0.15) is 38.2 Å². The zero-order chi connectivity index (χ0) is 13.9. The molecule has 3 N–H and O–H groups in total. The van der Waals surface area contributed by atoms with Crippen LogP contribution in [0.15, 0.2) is 41.0 Å². The molecule has 1 aromatic carbocycles. The zero-order valence-electron chi connectivity index (χ0n) is 11.3. The Bertz CT molecular complexity index is 438. The third-order valence-corrected chi connectivity index (χ3v) is 2.63. The van der Waals surface area contributed by atoms with Crippen LogP contribution in [0.5, 0.6) is 0 Å². The number of primary amides is 1. The fraction of sp³-hybridized carbons (Fsp3) is 0.333. The van der Waals surface area contributed by atoms with Crippen molar-refractivity contribution in [3.63, 3.8) is 0 Å². The molecule has 2 amide bonds. The number of urea groups is 1. The van der Waals surface area contributed by atoms with Crippen LogP contribution >= 0.6 is 0 Å². The van der Waals surface area contributed by atoms with Crippen molar-refractivity contribution in [3.8, 4) is 0 Å². The van der Waals surface area contributed by atoms with Crippen LogP contribution in [0.3, 0.4) is 0 Å². The summed E-state index contributed by atoms with van der Waals surface area (Å²) < 4.78 is 0. The summed E-state index contributed by atoms with van der Waals surface area (Å²) in [6.45, 7) is 2.17. The van der Waals surface area contributed by atoms with Gasteiger partial charge in [0.1, 0.15) is 0 Å². The predicted molar refractivity (Wildman–Crippen MR) is 79.8 cm³/mol. The van der Waals surface area contributed by atoms with E-state index >= 15 is 0 Å². The van der Waals surface area contributed by atoms with Gasteiger partial charge in [-0.25, -0.2) is 10.2 Å². The Balaban J connectivity index is 2.70. The molecule has 0 heterocycles. The average molecular weight is 259 g/mol. The molecule has 0 fully saturated rings. The van der Waals surface area contributed by atoms with E-state index in [2.05, 4.69) is 23.5 Å². The molecule has 4 heteroatoms. The van der Waals surface area contributed by atoms with Gasteiger partial charge in [-0.2, -0.15) is 5.10 Å². The van der Waals surface area contributed by atoms with E-state index in [0.29, 0.717) is 0 Å². The first kappa shape index (κ1) is 15.0. The number of hydrazone groups is 1. The number of benzene rings is 1. The number of hydrogen-bond acceptors (Lipinski definition) is 2. The van der Waals surface area contributed by atoms with E-state index in [1.54, 1.807) is 6.21 Å². The lowest BCUT2D eigenvalue weighted by atomic mass is 10.1. The number of unbranched alkanes of at least 4 members (excludes halogenated alkanes) is 2. The third kappa shape index (κ3) is 7.03. The van der Waals surface area contributed by atoms with Crippen molar-refractivity contribution in [3.05, 3.63) is 41.5 Å². The normalized spacial score (nSPS) is 11.7. The molecule has 0 atom stereocenters. The molecule has 0 saturated heterocycles. The molecule has 0 aliphatic rings. The van der Waals surface area contributed by atoms with Crippen LogP contribution in [0.25, 0.3) is 6.08 Å². The molecule has 19 heavy (non-hydrogen) atoms. The first-order valence-electron chi connectivity index (χ1n) is 6.56. The molecule has 1 rings (SSSR count). The quantitative estimate of drug-likeness (QED) is 0.440. The molecule has 0 spiro atoms. The number of allylic oxidation sites excluding steroid dienone is 1. The van der Waals surface area contributed by atoms with Gasteiger partial charge in [0, 0.05) is 0 Å². The highest BCUT2D eigenvalue weighted by atomic mass is 16.2. The van der Waals surface area contributed by atoms with Crippen molar-refractivity contribution in [2.75, 3.05) is 0 Å². The monoisotopic (exact) mass is 259 g/mol. The summed E-state index contributed by atoms with van der Waals surface area (Å²) >= 11 is 0. The first-order valence-corrected chi connectivity index (χ1v) is 6.56. The first-order chi connectivity index (χ1) is 9.22. The van der Waals surface area contributed by atoms with Gasteiger partial charge in [0.15, 0.2) is 0 Å². The molecular formula is C15H21N3O. The number of nitrogens with two attached hydrogens (primary N) is 1. The lowest BCUT2D eigenvalue weighted by Crippen LogP contribution is -2.24. The van der Waals surface area contributed by atoms with Crippen molar-refractivity contribution < 1.29 is 4.79 Å². The van der Waals surface area contributed by atoms with Gasteiger partial charge < -0.3 is 5.73 Å². The second-order valence-electron chi connectivity index (χ2n) is 4.32. The smallest absolute Gasteiger partial charge is 0.332 e. The largest absolute Gasteiger partial charge is 0.350 e. The molecule has 0 aliphatic carbocycles. The standard InChI is InChI=1S/C15H21N3O/c1-2-3-5-10-14(12-17-18-15(16)19)11-13-8-6-4-7-9-13/h4,6-9,11-12H,2-3,5,10H2,1H3,(H3,16,18,19). The fourth-order valence-electron chi connectivity index (χ4n) is 1.70. The number of nitrogens with one attached hydrogen (secondary N) is 1. The summed E-state index contributed by atoms with van der Waals surface area (Å²) in [5, 5.41) is 3.83. The van der Waals surface area contributed by atoms with Gasteiger partial charge in [-0.05, 0) is 24.0 Å². The van der Waals surface area contributed by atoms with Crippen molar-refractivity contribution in [1.29, 1.82) is 0 Å². The van der Waals surface area contributed by atoms with Gasteiger partial charge in [-0.1, -0.05) is 56.2 Å². The molecular weight excluding hydrogens is 238 g/mol. The van der Waals surface area contributed by atoms with Crippen LogP contribution in [0, 0.1) is 0 Å². The minimum absolute atomic E-state index is 0.649. The Morgan fingerprint density at radius 1 is 1.32 bits per heavy atom. The number of carbonyl (C=O) groups excluding carboxylic acids is 1. The molecule has 0 aliphatic heterocycles. The minimum atomic E-state index is -0.649. The van der Waals surface area contributed by atoms with Crippen LogP contribution < -0.4 is 11.2 Å². The number of rotatable bonds is 7. The van der Waals surface area contributed by atoms with Gasteiger partial charge in [0.25, 0.3) is 0 Å². The van der Waals surface area contributed by atoms with Crippen LogP contribution in [0.4, 0.5) is 4.79 Å². The van der Waals surface area contributed by atoms with Crippen LogP contribution in [0.2, 0.25) is 0 Å². The van der Waals surface area contributed by atoms with Crippen molar-refractivity contribution >= 4 is 18.3 Å². The number of hydrogen-bond donors (Lipinski definition) is 2. The summed E-state index contributed by atoms with van der Waals surface area (Å²) in [6.07, 6.45) is 8.14. The average Bonchev–Trinajstić information content (AvgIpc) is 2.39. The Labute approximate surface area is 114 Å². The molecule has 4 nitrogen and oxygen atoms in total. The molecule has 0 saturated carbocycles. The Kier molecular flexibility index (Phi) is 7.02. The van der Waals surface area contributed by atoms with Gasteiger partial charge in [-0.3, -0.25) is 0 Å². The Morgan fingerprint density at radius 2 is 2.05 bits per heavy atom. The molecule has 0 radical (unpaired) electrons. The van der Waals surface area contributed by atoms with Crippen molar-refractivity contribution in [2.24, 2.45) is 10.8 Å². The summed E-state index contributed by atoms with van der Waals surface area (Å²) in [6, 6.07) is 9.40. The molecule has 102 valence electrons. The van der Waals surface area contributed by atoms with E-state index in [9.17, 15) is 4.79 Å². The van der Waals surface area contributed by atoms with Gasteiger partial charge in [-0.15, -0.1) is 0 Å². The van der Waals surface area contributed by atoms with Gasteiger partial charge in [0.05, 0.1) is 6.21 Å². The van der Waals surface area contributed by atoms with Crippen molar-refractivity contribution in [2.45, 2.75) is 32.6 Å². The third-order valence-electron chi connectivity index (χ3n) is 2.63. The molecule has 0 bridgehead atoms. The van der Waals surface area contributed by atoms with Crippen molar-refractivity contribution in [1.82, 2.24) is 5.43 Å². The van der Waals surface area contributed by atoms with E-state index in [4.69, 9.17) is 5.73 Å². The molecule has 0 unspecified atom stereocenters. The Morgan fingerprint density at radius 3 is 2.68 bits per heavy atom. The highest BCUT2D eigenvalue weighted by Crippen LogP contribution is 2.12. The van der Waals surface area contributed by atoms with E-state index in [-0.39, 0.29) is 0 Å². The molecule has 1 aromatic rings. The predicted octanol–water partition coefficient (Wildman–Crippen LogP) is 3.30. The number of nitrogens with zero attached hydrogens (tertiary/aromatic N) is 1. The highest BCUT2D eigenvalue weighted by Gasteiger charge is 1.96. The van der Waals surface area contributed by atoms with E-state index in [1.807, 2.05) is 30.3 Å². The van der Waals surface area contributed by atoms with Gasteiger partial charge >= 0.3 is 6.03 Å². The lowest BCUT2D eigenvalue weighted by Gasteiger charge is -2.02. The van der Waals surface area contributed by atoms with Gasteiger partial charge in [0.2, 0.25) is 0 Å². The SMILES string of the molecule is CCCCCC(C=NNC(N)=O)=Cc1ccccc1. The number of carbonyl (C=O) groups is 1. The summed E-state index contributed by atoms with van der Waals surface area (Å²) in [7, 11) is 0. The summed E-state index contributed by atoms with van der Waals surface area (Å²) in [4.78, 5) is 10.6. The minimum Gasteiger partial charge on any atom is -0.350 e. The summed E-state index contributed by atoms with van der Waals surface area (Å²) in [5.41, 5.74) is 9.39. The maximum atomic E-state index is 10.6.